The molecular formula is C14H24O2. The number of hydrogen-bond acceptors (Lipinski definition) is 2. The Morgan fingerprint density at radius 2 is 1.81 bits per heavy atom. The van der Waals surface area contributed by atoms with Crippen molar-refractivity contribution in [1.82, 2.24) is 0 Å². The van der Waals surface area contributed by atoms with Gasteiger partial charge in [-0.05, 0) is 37.5 Å². The zero-order chi connectivity index (χ0) is 11.4. The van der Waals surface area contributed by atoms with Crippen LogP contribution in [0.25, 0.3) is 0 Å². The Labute approximate surface area is 99.0 Å². The van der Waals surface area contributed by atoms with Gasteiger partial charge in [0.15, 0.2) is 6.29 Å². The van der Waals surface area contributed by atoms with Crippen LogP contribution < -0.4 is 0 Å². The molecule has 0 N–H and O–H groups in total. The lowest BCUT2D eigenvalue weighted by atomic mass is 9.75. The normalized spacial score (nSPS) is 26.8. The molecule has 0 aromatic rings. The summed E-state index contributed by atoms with van der Waals surface area (Å²) in [5.74, 6) is 0. The van der Waals surface area contributed by atoms with E-state index in [1.807, 2.05) is 0 Å². The quantitative estimate of drug-likeness (QED) is 0.666. The summed E-state index contributed by atoms with van der Waals surface area (Å²) in [7, 11) is 0. The number of hydrogen-bond donors (Lipinski definition) is 0. The SMILES string of the molecule is CC1(C)CCC(=CCC2OCCCO2)CC1. The van der Waals surface area contributed by atoms with Crippen molar-refractivity contribution in [2.75, 3.05) is 13.2 Å². The molecule has 92 valence electrons. The molecule has 0 atom stereocenters. The van der Waals surface area contributed by atoms with Crippen LogP contribution in [0.1, 0.15) is 52.4 Å². The van der Waals surface area contributed by atoms with Crippen molar-refractivity contribution >= 4 is 0 Å². The molecule has 2 rings (SSSR count). The van der Waals surface area contributed by atoms with E-state index in [-0.39, 0.29) is 6.29 Å². The molecule has 0 bridgehead atoms. The van der Waals surface area contributed by atoms with Crippen molar-refractivity contribution in [3.05, 3.63) is 11.6 Å². The maximum absolute atomic E-state index is 5.54. The highest BCUT2D eigenvalue weighted by molar-refractivity contribution is 5.07. The van der Waals surface area contributed by atoms with Gasteiger partial charge in [0.05, 0.1) is 13.2 Å². The Balaban J connectivity index is 1.75. The molecule has 0 spiro atoms. The minimum atomic E-state index is 0.0242. The molecule has 2 fully saturated rings. The smallest absolute Gasteiger partial charge is 0.160 e. The Morgan fingerprint density at radius 1 is 1.19 bits per heavy atom. The van der Waals surface area contributed by atoms with Gasteiger partial charge in [-0.25, -0.2) is 0 Å². The van der Waals surface area contributed by atoms with Crippen molar-refractivity contribution in [3.63, 3.8) is 0 Å². The average molecular weight is 224 g/mol. The molecular weight excluding hydrogens is 200 g/mol. The van der Waals surface area contributed by atoms with E-state index in [1.54, 1.807) is 5.57 Å². The van der Waals surface area contributed by atoms with Crippen molar-refractivity contribution in [1.29, 1.82) is 0 Å². The van der Waals surface area contributed by atoms with Crippen LogP contribution in [0.3, 0.4) is 0 Å². The van der Waals surface area contributed by atoms with Crippen LogP contribution in [0.15, 0.2) is 11.6 Å². The molecule has 0 amide bonds. The highest BCUT2D eigenvalue weighted by atomic mass is 16.7. The highest BCUT2D eigenvalue weighted by Gasteiger charge is 2.23. The van der Waals surface area contributed by atoms with Crippen LogP contribution in [0.5, 0.6) is 0 Å². The summed E-state index contributed by atoms with van der Waals surface area (Å²) in [6, 6.07) is 0. The zero-order valence-corrected chi connectivity index (χ0v) is 10.6. The lowest BCUT2D eigenvalue weighted by Crippen LogP contribution is -2.24. The lowest BCUT2D eigenvalue weighted by molar-refractivity contribution is -0.175. The van der Waals surface area contributed by atoms with E-state index < -0.39 is 0 Å². The molecule has 16 heavy (non-hydrogen) atoms. The average Bonchev–Trinajstić information content (AvgIpc) is 2.29. The fraction of sp³-hybridized carbons (Fsp3) is 0.857. The van der Waals surface area contributed by atoms with Gasteiger partial charge < -0.3 is 9.47 Å². The van der Waals surface area contributed by atoms with Gasteiger partial charge in [-0.2, -0.15) is 0 Å². The van der Waals surface area contributed by atoms with E-state index >= 15 is 0 Å². The maximum Gasteiger partial charge on any atom is 0.160 e. The fourth-order valence-corrected chi connectivity index (χ4v) is 2.39. The first-order chi connectivity index (χ1) is 7.66. The molecule has 2 aliphatic rings. The minimum absolute atomic E-state index is 0.0242. The van der Waals surface area contributed by atoms with E-state index in [0.29, 0.717) is 5.41 Å². The van der Waals surface area contributed by atoms with E-state index in [0.717, 1.165) is 26.1 Å². The second-order valence-electron chi connectivity index (χ2n) is 5.79. The summed E-state index contributed by atoms with van der Waals surface area (Å²) in [6.45, 7) is 6.47. The molecule has 0 unspecified atom stereocenters. The van der Waals surface area contributed by atoms with Crippen molar-refractivity contribution in [2.24, 2.45) is 5.41 Å². The largest absolute Gasteiger partial charge is 0.352 e. The second-order valence-corrected chi connectivity index (χ2v) is 5.79. The summed E-state index contributed by atoms with van der Waals surface area (Å²) in [5.41, 5.74) is 2.16. The highest BCUT2D eigenvalue weighted by Crippen LogP contribution is 2.37. The first-order valence-electron chi connectivity index (χ1n) is 6.57. The predicted octanol–water partition coefficient (Wildman–Crippen LogP) is 3.67. The number of ether oxygens (including phenoxy) is 2. The number of rotatable bonds is 2. The third kappa shape index (κ3) is 3.60. The van der Waals surface area contributed by atoms with Gasteiger partial charge in [-0.3, -0.25) is 0 Å². The van der Waals surface area contributed by atoms with Gasteiger partial charge in [0.1, 0.15) is 0 Å². The Morgan fingerprint density at radius 3 is 2.44 bits per heavy atom. The van der Waals surface area contributed by atoms with Crippen LogP contribution >= 0.6 is 0 Å². The van der Waals surface area contributed by atoms with E-state index in [4.69, 9.17) is 9.47 Å². The molecule has 2 heteroatoms. The van der Waals surface area contributed by atoms with Crippen molar-refractivity contribution in [3.8, 4) is 0 Å². The molecule has 0 aromatic carbocycles. The molecule has 1 heterocycles. The third-order valence-electron chi connectivity index (χ3n) is 3.74. The summed E-state index contributed by atoms with van der Waals surface area (Å²) in [5, 5.41) is 0. The summed E-state index contributed by atoms with van der Waals surface area (Å²) in [6.07, 6.45) is 9.54. The van der Waals surface area contributed by atoms with E-state index in [9.17, 15) is 0 Å². The molecule has 1 aliphatic heterocycles. The Bertz CT molecular complexity index is 237. The van der Waals surface area contributed by atoms with Crippen LogP contribution in [0.4, 0.5) is 0 Å². The van der Waals surface area contributed by atoms with Crippen LogP contribution in [-0.4, -0.2) is 19.5 Å². The molecule has 1 saturated carbocycles. The zero-order valence-electron chi connectivity index (χ0n) is 10.6. The van der Waals surface area contributed by atoms with Gasteiger partial charge in [0.25, 0.3) is 0 Å². The van der Waals surface area contributed by atoms with E-state index in [2.05, 4.69) is 19.9 Å². The standard InChI is InChI=1S/C14H24O2/c1-14(2)8-6-12(7-9-14)4-5-13-15-10-3-11-16-13/h4,13H,3,5-11H2,1-2H3. The second kappa shape index (κ2) is 5.33. The fourth-order valence-electron chi connectivity index (χ4n) is 2.39. The molecule has 2 nitrogen and oxygen atoms in total. The van der Waals surface area contributed by atoms with Crippen LogP contribution in [-0.2, 0) is 9.47 Å². The summed E-state index contributed by atoms with van der Waals surface area (Å²) in [4.78, 5) is 0. The summed E-state index contributed by atoms with van der Waals surface area (Å²) < 4.78 is 11.1. The minimum Gasteiger partial charge on any atom is -0.352 e. The van der Waals surface area contributed by atoms with Gasteiger partial charge in [-0.1, -0.05) is 25.5 Å². The van der Waals surface area contributed by atoms with Crippen LogP contribution in [0, 0.1) is 5.41 Å². The molecule has 0 radical (unpaired) electrons. The molecule has 0 aromatic heterocycles. The topological polar surface area (TPSA) is 18.5 Å². The molecule has 1 saturated heterocycles. The van der Waals surface area contributed by atoms with Crippen molar-refractivity contribution in [2.45, 2.75) is 58.7 Å². The lowest BCUT2D eigenvalue weighted by Gasteiger charge is -2.31. The Hall–Kier alpha value is -0.340. The van der Waals surface area contributed by atoms with Gasteiger partial charge in [-0.15, -0.1) is 0 Å². The number of allylic oxidation sites excluding steroid dienone is 1. The van der Waals surface area contributed by atoms with Gasteiger partial charge in [0.2, 0.25) is 0 Å². The van der Waals surface area contributed by atoms with Gasteiger partial charge >= 0.3 is 0 Å². The van der Waals surface area contributed by atoms with E-state index in [1.165, 1.54) is 25.7 Å². The first-order valence-corrected chi connectivity index (χ1v) is 6.57. The monoisotopic (exact) mass is 224 g/mol. The van der Waals surface area contributed by atoms with Gasteiger partial charge in [0, 0.05) is 6.42 Å². The Kier molecular flexibility index (Phi) is 4.04. The maximum atomic E-state index is 5.54. The molecule has 1 aliphatic carbocycles. The third-order valence-corrected chi connectivity index (χ3v) is 3.74. The van der Waals surface area contributed by atoms with Crippen LogP contribution in [0.2, 0.25) is 0 Å². The summed E-state index contributed by atoms with van der Waals surface area (Å²) >= 11 is 0. The predicted molar refractivity (Wildman–Crippen MR) is 65.3 cm³/mol. The van der Waals surface area contributed by atoms with Crippen molar-refractivity contribution < 1.29 is 9.47 Å². The first kappa shape index (κ1) is 12.1.